The zero-order chi connectivity index (χ0) is 23.9. The highest BCUT2D eigenvalue weighted by Gasteiger charge is 2.22. The number of carbonyl (C=O) groups excluding carboxylic acids is 3. The Kier molecular flexibility index (Phi) is 6.90. The number of aromatic nitrogens is 2. The number of nitrogens with zero attached hydrogens (tertiary/aromatic N) is 1. The summed E-state index contributed by atoms with van der Waals surface area (Å²) in [4.78, 5) is 38.0. The van der Waals surface area contributed by atoms with E-state index in [0.29, 0.717) is 16.8 Å². The minimum Gasteiger partial charge on any atom is -0.394 e. The second-order valence-electron chi connectivity index (χ2n) is 7.51. The lowest BCUT2D eigenvalue weighted by atomic mass is 10.0. The van der Waals surface area contributed by atoms with Crippen LogP contribution in [-0.4, -0.2) is 45.6 Å². The molecule has 0 aliphatic carbocycles. The van der Waals surface area contributed by atoms with E-state index in [2.05, 4.69) is 20.8 Å². The van der Waals surface area contributed by atoms with Crippen molar-refractivity contribution in [3.05, 3.63) is 108 Å². The number of carbonyl (C=O) groups is 3. The van der Waals surface area contributed by atoms with Crippen LogP contribution in [0.15, 0.2) is 91.0 Å². The van der Waals surface area contributed by atoms with Crippen LogP contribution in [0.3, 0.4) is 0 Å². The molecule has 0 aliphatic heterocycles. The van der Waals surface area contributed by atoms with Crippen molar-refractivity contribution in [2.45, 2.75) is 6.04 Å². The number of anilines is 1. The fourth-order valence-electron chi connectivity index (χ4n) is 3.36. The monoisotopic (exact) mass is 454 g/mol. The topological polar surface area (TPSA) is 124 Å². The Bertz CT molecular complexity index is 1300. The largest absolute Gasteiger partial charge is 0.394 e. The summed E-state index contributed by atoms with van der Waals surface area (Å²) in [6, 6.07) is 24.8. The van der Waals surface area contributed by atoms with Gasteiger partial charge in [-0.25, -0.2) is 0 Å². The minimum absolute atomic E-state index is 0.194. The lowest BCUT2D eigenvalue weighted by molar-refractivity contribution is -0.118. The highest BCUT2D eigenvalue weighted by Crippen LogP contribution is 2.19. The van der Waals surface area contributed by atoms with Gasteiger partial charge in [0.1, 0.15) is 6.04 Å². The molecule has 170 valence electrons. The Morgan fingerprint density at radius 3 is 2.18 bits per heavy atom. The van der Waals surface area contributed by atoms with Gasteiger partial charge in [-0.3, -0.25) is 19.5 Å². The van der Waals surface area contributed by atoms with Crippen LogP contribution >= 0.6 is 0 Å². The molecule has 0 radical (unpaired) electrons. The van der Waals surface area contributed by atoms with Gasteiger partial charge in [-0.15, -0.1) is 0 Å². The van der Waals surface area contributed by atoms with Crippen molar-refractivity contribution in [1.29, 1.82) is 0 Å². The van der Waals surface area contributed by atoms with Crippen LogP contribution < -0.4 is 10.6 Å². The van der Waals surface area contributed by atoms with E-state index < -0.39 is 24.5 Å². The van der Waals surface area contributed by atoms with Crippen molar-refractivity contribution in [2.75, 3.05) is 11.9 Å². The van der Waals surface area contributed by atoms with Crippen LogP contribution in [0.25, 0.3) is 11.3 Å². The average Bonchev–Trinajstić information content (AvgIpc) is 3.36. The number of rotatable bonds is 8. The van der Waals surface area contributed by atoms with Gasteiger partial charge in [0.05, 0.1) is 12.3 Å². The summed E-state index contributed by atoms with van der Waals surface area (Å²) >= 11 is 0. The number of aliphatic hydroxyl groups excluding tert-OH is 1. The fraction of sp³-hybridized carbons (Fsp3) is 0.0769. The average molecular weight is 454 g/mol. The van der Waals surface area contributed by atoms with Gasteiger partial charge < -0.3 is 15.7 Å². The molecule has 0 bridgehead atoms. The van der Waals surface area contributed by atoms with Gasteiger partial charge in [0.25, 0.3) is 11.8 Å². The normalized spacial score (nSPS) is 11.4. The molecule has 4 aromatic rings. The molecule has 0 aliphatic rings. The lowest BCUT2D eigenvalue weighted by Crippen LogP contribution is -2.46. The van der Waals surface area contributed by atoms with E-state index in [1.165, 1.54) is 12.1 Å². The molecule has 0 saturated carbocycles. The number of ketones is 1. The van der Waals surface area contributed by atoms with Crippen LogP contribution in [-0.2, 0) is 4.79 Å². The predicted molar refractivity (Wildman–Crippen MR) is 127 cm³/mol. The van der Waals surface area contributed by atoms with Crippen LogP contribution in [0.4, 0.5) is 5.82 Å². The number of H-pyrrole nitrogens is 1. The number of aliphatic hydroxyl groups is 1. The number of amides is 2. The Hall–Kier alpha value is -4.56. The number of benzene rings is 3. The molecular formula is C26H22N4O4. The zero-order valence-corrected chi connectivity index (χ0v) is 18.1. The molecule has 8 nitrogen and oxygen atoms in total. The van der Waals surface area contributed by atoms with Gasteiger partial charge in [0.15, 0.2) is 11.6 Å². The number of aromatic amines is 1. The highest BCUT2D eigenvalue weighted by atomic mass is 16.3. The van der Waals surface area contributed by atoms with Crippen molar-refractivity contribution in [3.8, 4) is 11.3 Å². The molecule has 3 aromatic carbocycles. The van der Waals surface area contributed by atoms with Crippen molar-refractivity contribution in [3.63, 3.8) is 0 Å². The second kappa shape index (κ2) is 10.4. The van der Waals surface area contributed by atoms with E-state index in [-0.39, 0.29) is 17.2 Å². The molecule has 0 fully saturated rings. The Morgan fingerprint density at radius 1 is 0.824 bits per heavy atom. The van der Waals surface area contributed by atoms with Crippen molar-refractivity contribution in [2.24, 2.45) is 0 Å². The number of hydrogen-bond donors (Lipinski definition) is 4. The van der Waals surface area contributed by atoms with E-state index in [9.17, 15) is 19.5 Å². The first-order chi connectivity index (χ1) is 16.5. The maximum Gasteiger partial charge on any atom is 0.252 e. The summed E-state index contributed by atoms with van der Waals surface area (Å²) < 4.78 is 0. The molecule has 0 spiro atoms. The Balaban J connectivity index is 1.42. The molecule has 8 heteroatoms. The van der Waals surface area contributed by atoms with Crippen LogP contribution in [0.1, 0.15) is 26.3 Å². The van der Waals surface area contributed by atoms with Gasteiger partial charge in [-0.2, -0.15) is 5.10 Å². The van der Waals surface area contributed by atoms with Gasteiger partial charge in [-0.1, -0.05) is 72.8 Å². The number of nitrogens with one attached hydrogen (secondary N) is 3. The van der Waals surface area contributed by atoms with E-state index in [0.717, 1.165) is 5.56 Å². The molecule has 34 heavy (non-hydrogen) atoms. The quantitative estimate of drug-likeness (QED) is 0.305. The maximum absolute atomic E-state index is 12.7. The third kappa shape index (κ3) is 5.25. The minimum atomic E-state index is -1.21. The molecule has 1 atom stereocenters. The van der Waals surface area contributed by atoms with Crippen LogP contribution in [0, 0.1) is 0 Å². The zero-order valence-electron chi connectivity index (χ0n) is 18.1. The third-order valence-corrected chi connectivity index (χ3v) is 5.14. The molecular weight excluding hydrogens is 432 g/mol. The SMILES string of the molecule is O=C(NC(CO)C(=O)Nc1cc(-c2ccccc2)[nH]n1)c1cccc(C(=O)c2ccccc2)c1. The second-order valence-corrected chi connectivity index (χ2v) is 7.51. The molecule has 1 heterocycles. The van der Waals surface area contributed by atoms with E-state index in [1.807, 2.05) is 36.4 Å². The summed E-state index contributed by atoms with van der Waals surface area (Å²) in [6.45, 7) is -0.615. The first-order valence-corrected chi connectivity index (χ1v) is 10.6. The molecule has 4 rings (SSSR count). The lowest BCUT2D eigenvalue weighted by Gasteiger charge is -2.15. The van der Waals surface area contributed by atoms with Crippen molar-refractivity contribution < 1.29 is 19.5 Å². The summed E-state index contributed by atoms with van der Waals surface area (Å²) in [5.74, 6) is -1.19. The van der Waals surface area contributed by atoms with Gasteiger partial charge in [0, 0.05) is 22.8 Å². The number of hydrogen-bond acceptors (Lipinski definition) is 5. The maximum atomic E-state index is 12.7. The standard InChI is InChI=1S/C26H22N4O4/c31-16-22(26(34)28-23-15-21(29-30-23)17-8-3-1-4-9-17)27-25(33)20-13-7-12-19(14-20)24(32)18-10-5-2-6-11-18/h1-15,22,31H,16H2,(H,27,33)(H2,28,29,30,34). The first kappa shape index (κ1) is 22.6. The van der Waals surface area contributed by atoms with Crippen molar-refractivity contribution in [1.82, 2.24) is 15.5 Å². The van der Waals surface area contributed by atoms with Gasteiger partial charge in [0.2, 0.25) is 0 Å². The molecule has 0 saturated heterocycles. The summed E-state index contributed by atoms with van der Waals surface area (Å²) in [5, 5.41) is 21.7. The van der Waals surface area contributed by atoms with E-state index in [1.54, 1.807) is 42.5 Å². The van der Waals surface area contributed by atoms with Gasteiger partial charge >= 0.3 is 0 Å². The third-order valence-electron chi connectivity index (χ3n) is 5.14. The Morgan fingerprint density at radius 2 is 1.47 bits per heavy atom. The van der Waals surface area contributed by atoms with E-state index in [4.69, 9.17) is 0 Å². The van der Waals surface area contributed by atoms with Crippen LogP contribution in [0.5, 0.6) is 0 Å². The summed E-state index contributed by atoms with van der Waals surface area (Å²) in [6.07, 6.45) is 0. The fourth-order valence-corrected chi connectivity index (χ4v) is 3.36. The predicted octanol–water partition coefficient (Wildman–Crippen LogP) is 3.04. The highest BCUT2D eigenvalue weighted by molar-refractivity contribution is 6.10. The van der Waals surface area contributed by atoms with Crippen molar-refractivity contribution >= 4 is 23.4 Å². The summed E-state index contributed by atoms with van der Waals surface area (Å²) in [7, 11) is 0. The molecule has 2 amide bonds. The smallest absolute Gasteiger partial charge is 0.252 e. The van der Waals surface area contributed by atoms with Gasteiger partial charge in [-0.05, 0) is 17.7 Å². The first-order valence-electron chi connectivity index (χ1n) is 10.6. The molecule has 4 N–H and O–H groups in total. The van der Waals surface area contributed by atoms with Crippen LogP contribution in [0.2, 0.25) is 0 Å². The van der Waals surface area contributed by atoms with E-state index >= 15 is 0 Å². The molecule has 1 unspecified atom stereocenters. The Labute approximate surface area is 195 Å². The molecule has 1 aromatic heterocycles. The summed E-state index contributed by atoms with van der Waals surface area (Å²) in [5.41, 5.74) is 2.64.